The number of hydrogen-bond acceptors (Lipinski definition) is 3. The normalized spacial score (nSPS) is 15.9. The average molecular weight is 245 g/mol. The minimum atomic E-state index is -0.919. The second kappa shape index (κ2) is 6.36. The molecule has 0 spiro atoms. The van der Waals surface area contributed by atoms with Crippen molar-refractivity contribution in [3.8, 4) is 0 Å². The van der Waals surface area contributed by atoms with Crippen molar-refractivity contribution in [3.05, 3.63) is 0 Å². The molecular weight excluding hydrogens is 218 g/mol. The fourth-order valence-electron chi connectivity index (χ4n) is 1.51. The van der Waals surface area contributed by atoms with Crippen LogP contribution < -0.4 is 5.32 Å². The molecule has 0 aliphatic rings. The number of carboxylic acid groups (broad SMARTS) is 1. The lowest BCUT2D eigenvalue weighted by Crippen LogP contribution is -2.53. The van der Waals surface area contributed by atoms with E-state index in [1.165, 1.54) is 0 Å². The molecule has 1 unspecified atom stereocenters. The first-order chi connectivity index (χ1) is 7.63. The molecule has 2 N–H and O–H groups in total. The van der Waals surface area contributed by atoms with Crippen LogP contribution in [0.15, 0.2) is 0 Å². The van der Waals surface area contributed by atoms with Crippen LogP contribution in [0.2, 0.25) is 0 Å². The summed E-state index contributed by atoms with van der Waals surface area (Å²) in [5, 5.41) is 12.3. The molecule has 0 aromatic heterocycles. The molecule has 0 rings (SSSR count). The van der Waals surface area contributed by atoms with Crippen molar-refractivity contribution in [3.63, 3.8) is 0 Å². The third-order valence-electron chi connectivity index (χ3n) is 3.03. The van der Waals surface area contributed by atoms with E-state index in [0.717, 1.165) is 6.42 Å². The van der Waals surface area contributed by atoms with Gasteiger partial charge in [0.05, 0.1) is 5.60 Å². The van der Waals surface area contributed by atoms with Gasteiger partial charge in [-0.1, -0.05) is 6.92 Å². The van der Waals surface area contributed by atoms with Gasteiger partial charge in [0, 0.05) is 12.6 Å². The maximum atomic E-state index is 11.3. The third-order valence-corrected chi connectivity index (χ3v) is 3.03. The smallest absolute Gasteiger partial charge is 0.323 e. The van der Waals surface area contributed by atoms with Gasteiger partial charge in [0.1, 0.15) is 5.54 Å². The summed E-state index contributed by atoms with van der Waals surface area (Å²) in [5.41, 5.74) is -1.10. The van der Waals surface area contributed by atoms with Crippen LogP contribution in [0.4, 0.5) is 0 Å². The van der Waals surface area contributed by atoms with Crippen LogP contribution in [0.1, 0.15) is 54.4 Å². The van der Waals surface area contributed by atoms with E-state index in [1.54, 1.807) is 6.92 Å². The Hall–Kier alpha value is -0.610. The van der Waals surface area contributed by atoms with Gasteiger partial charge in [-0.05, 0) is 47.5 Å². The maximum absolute atomic E-state index is 11.3. The van der Waals surface area contributed by atoms with Crippen LogP contribution in [0.3, 0.4) is 0 Å². The molecule has 0 aliphatic carbocycles. The van der Waals surface area contributed by atoms with Gasteiger partial charge >= 0.3 is 5.97 Å². The van der Waals surface area contributed by atoms with Crippen molar-refractivity contribution >= 4 is 5.97 Å². The van der Waals surface area contributed by atoms with Gasteiger partial charge in [-0.25, -0.2) is 0 Å². The lowest BCUT2D eigenvalue weighted by Gasteiger charge is -2.31. The summed E-state index contributed by atoms with van der Waals surface area (Å²) in [6, 6.07) is 0.135. The van der Waals surface area contributed by atoms with E-state index in [0.29, 0.717) is 13.0 Å². The summed E-state index contributed by atoms with van der Waals surface area (Å²) < 4.78 is 5.70. The quantitative estimate of drug-likeness (QED) is 0.689. The van der Waals surface area contributed by atoms with E-state index in [1.807, 2.05) is 27.7 Å². The number of rotatable bonds is 8. The maximum Gasteiger partial charge on any atom is 0.323 e. The second-order valence-corrected chi connectivity index (χ2v) is 5.65. The Bertz CT molecular complexity index is 251. The van der Waals surface area contributed by atoms with Gasteiger partial charge in [-0.2, -0.15) is 0 Å². The Morgan fingerprint density at radius 1 is 1.35 bits per heavy atom. The third kappa shape index (κ3) is 6.03. The van der Waals surface area contributed by atoms with Crippen molar-refractivity contribution in [2.45, 2.75) is 71.6 Å². The molecule has 4 nitrogen and oxygen atoms in total. The van der Waals surface area contributed by atoms with Crippen LogP contribution in [0, 0.1) is 0 Å². The Morgan fingerprint density at radius 2 is 1.88 bits per heavy atom. The fraction of sp³-hybridized carbons (Fsp3) is 0.923. The van der Waals surface area contributed by atoms with Gasteiger partial charge < -0.3 is 9.84 Å². The molecule has 0 saturated heterocycles. The molecule has 0 radical (unpaired) electrons. The highest BCUT2D eigenvalue weighted by atomic mass is 16.5. The van der Waals surface area contributed by atoms with E-state index < -0.39 is 11.5 Å². The van der Waals surface area contributed by atoms with Crippen molar-refractivity contribution in [1.29, 1.82) is 0 Å². The predicted octanol–water partition coefficient (Wildman–Crippen LogP) is 2.42. The molecule has 0 saturated carbocycles. The molecule has 0 fully saturated rings. The molecule has 0 bridgehead atoms. The van der Waals surface area contributed by atoms with Crippen LogP contribution in [-0.4, -0.2) is 34.9 Å². The summed E-state index contributed by atoms with van der Waals surface area (Å²) in [4.78, 5) is 11.3. The summed E-state index contributed by atoms with van der Waals surface area (Å²) in [6.07, 6.45) is 1.37. The lowest BCUT2D eigenvalue weighted by molar-refractivity contribution is -0.146. The Labute approximate surface area is 105 Å². The summed E-state index contributed by atoms with van der Waals surface area (Å²) in [6.45, 7) is 12.1. The molecule has 0 amide bonds. The monoisotopic (exact) mass is 245 g/mol. The molecule has 4 heteroatoms. The van der Waals surface area contributed by atoms with Gasteiger partial charge in [0.25, 0.3) is 0 Å². The minimum absolute atomic E-state index is 0.135. The lowest BCUT2D eigenvalue weighted by atomic mass is 9.97. The van der Waals surface area contributed by atoms with Gasteiger partial charge in [-0.15, -0.1) is 0 Å². The summed E-state index contributed by atoms with van der Waals surface area (Å²) >= 11 is 0. The van der Waals surface area contributed by atoms with Crippen molar-refractivity contribution < 1.29 is 14.6 Å². The average Bonchev–Trinajstić information content (AvgIpc) is 2.16. The summed E-state index contributed by atoms with van der Waals surface area (Å²) in [7, 11) is 0. The van der Waals surface area contributed by atoms with E-state index >= 15 is 0 Å². The zero-order chi connectivity index (χ0) is 13.7. The van der Waals surface area contributed by atoms with E-state index in [9.17, 15) is 9.90 Å². The van der Waals surface area contributed by atoms with E-state index in [-0.39, 0.29) is 11.6 Å². The molecule has 0 aromatic carbocycles. The first-order valence-electron chi connectivity index (χ1n) is 6.28. The zero-order valence-electron chi connectivity index (χ0n) is 12.0. The predicted molar refractivity (Wildman–Crippen MR) is 69.3 cm³/mol. The highest BCUT2D eigenvalue weighted by molar-refractivity contribution is 5.78. The van der Waals surface area contributed by atoms with Gasteiger partial charge in [0.2, 0.25) is 0 Å². The zero-order valence-corrected chi connectivity index (χ0v) is 12.0. The Balaban J connectivity index is 4.33. The summed E-state index contributed by atoms with van der Waals surface area (Å²) in [5.74, 6) is -0.830. The van der Waals surface area contributed by atoms with Gasteiger partial charge in [0.15, 0.2) is 0 Å². The van der Waals surface area contributed by atoms with E-state index in [2.05, 4.69) is 12.2 Å². The number of ether oxygens (including phenoxy) is 1. The molecule has 0 aromatic rings. The number of carbonyl (C=O) groups is 1. The molecule has 17 heavy (non-hydrogen) atoms. The molecule has 0 heterocycles. The van der Waals surface area contributed by atoms with Crippen LogP contribution in [0.5, 0.6) is 0 Å². The SMILES string of the molecule is CCC(C)(C)OCCC(C)(NC(C)C)C(=O)O. The second-order valence-electron chi connectivity index (χ2n) is 5.65. The van der Waals surface area contributed by atoms with Crippen LogP contribution in [0.25, 0.3) is 0 Å². The number of carboxylic acids is 1. The molecular formula is C13H27NO3. The Morgan fingerprint density at radius 3 is 2.24 bits per heavy atom. The van der Waals surface area contributed by atoms with Gasteiger partial charge in [-0.3, -0.25) is 10.1 Å². The fourth-order valence-corrected chi connectivity index (χ4v) is 1.51. The molecule has 102 valence electrons. The topological polar surface area (TPSA) is 58.6 Å². The standard InChI is InChI=1S/C13H27NO3/c1-7-12(4,5)17-9-8-13(6,11(15)16)14-10(2)3/h10,14H,7-9H2,1-6H3,(H,15,16). The van der Waals surface area contributed by atoms with Crippen LogP contribution in [-0.2, 0) is 9.53 Å². The Kier molecular flexibility index (Phi) is 6.13. The minimum Gasteiger partial charge on any atom is -0.480 e. The molecule has 0 aliphatic heterocycles. The number of hydrogen-bond donors (Lipinski definition) is 2. The highest BCUT2D eigenvalue weighted by Crippen LogP contribution is 2.17. The van der Waals surface area contributed by atoms with Crippen molar-refractivity contribution in [2.75, 3.05) is 6.61 Å². The highest BCUT2D eigenvalue weighted by Gasteiger charge is 2.33. The number of aliphatic carboxylic acids is 1. The first kappa shape index (κ1) is 16.4. The first-order valence-corrected chi connectivity index (χ1v) is 6.28. The van der Waals surface area contributed by atoms with E-state index in [4.69, 9.17) is 4.74 Å². The number of nitrogens with one attached hydrogen (secondary N) is 1. The van der Waals surface area contributed by atoms with Crippen molar-refractivity contribution in [2.24, 2.45) is 0 Å². The largest absolute Gasteiger partial charge is 0.480 e. The van der Waals surface area contributed by atoms with Crippen LogP contribution >= 0.6 is 0 Å². The van der Waals surface area contributed by atoms with Crippen molar-refractivity contribution in [1.82, 2.24) is 5.32 Å². The molecule has 1 atom stereocenters.